The van der Waals surface area contributed by atoms with Gasteiger partial charge in [0.05, 0.1) is 0 Å². The molecule has 2 aromatic carbocycles. The van der Waals surface area contributed by atoms with Gasteiger partial charge in [0.25, 0.3) is 0 Å². The van der Waals surface area contributed by atoms with Gasteiger partial charge in [-0.2, -0.15) is 0 Å². The summed E-state index contributed by atoms with van der Waals surface area (Å²) < 4.78 is 28.3. The highest BCUT2D eigenvalue weighted by molar-refractivity contribution is 6.30. The van der Waals surface area contributed by atoms with Crippen LogP contribution in [-0.4, -0.2) is 0 Å². The zero-order valence-corrected chi connectivity index (χ0v) is 12.5. The van der Waals surface area contributed by atoms with E-state index in [2.05, 4.69) is 0 Å². The molecule has 0 heterocycles. The lowest BCUT2D eigenvalue weighted by Gasteiger charge is -2.19. The van der Waals surface area contributed by atoms with Crippen LogP contribution in [0.25, 0.3) is 0 Å². The van der Waals surface area contributed by atoms with Crippen LogP contribution >= 0.6 is 11.6 Å². The molecule has 3 heteroatoms. The Labute approximate surface area is 128 Å². The molecule has 1 unspecified atom stereocenters. The van der Waals surface area contributed by atoms with Gasteiger partial charge < -0.3 is 0 Å². The van der Waals surface area contributed by atoms with Crippen LogP contribution in [0.3, 0.4) is 0 Å². The third-order valence-electron chi connectivity index (χ3n) is 4.28. The minimum absolute atomic E-state index is 0.0411. The normalized spacial score (nSPS) is 18.1. The molecule has 0 radical (unpaired) electrons. The van der Waals surface area contributed by atoms with Gasteiger partial charge in [0, 0.05) is 5.02 Å². The summed E-state index contributed by atoms with van der Waals surface area (Å²) in [6.07, 6.45) is 4.19. The third kappa shape index (κ3) is 3.11. The molecule has 0 saturated heterocycles. The van der Waals surface area contributed by atoms with E-state index in [-0.39, 0.29) is 17.6 Å². The van der Waals surface area contributed by atoms with E-state index in [1.54, 1.807) is 0 Å². The molecular weight excluding hydrogens is 290 g/mol. The summed E-state index contributed by atoms with van der Waals surface area (Å²) in [6, 6.07) is 10.1. The molecule has 0 aliphatic heterocycles. The number of hydrogen-bond acceptors (Lipinski definition) is 0. The second kappa shape index (κ2) is 6.15. The topological polar surface area (TPSA) is 0 Å². The van der Waals surface area contributed by atoms with Crippen molar-refractivity contribution >= 4 is 11.6 Å². The highest BCUT2D eigenvalue weighted by Gasteiger charge is 2.24. The average molecular weight is 307 g/mol. The number of rotatable bonds is 2. The van der Waals surface area contributed by atoms with E-state index in [1.807, 2.05) is 24.3 Å². The molecule has 0 aromatic heterocycles. The minimum atomic E-state index is -0.271. The molecule has 2 aromatic rings. The van der Waals surface area contributed by atoms with Crippen LogP contribution in [0.1, 0.15) is 41.9 Å². The van der Waals surface area contributed by atoms with Crippen molar-refractivity contribution in [2.45, 2.75) is 38.0 Å². The molecule has 3 rings (SSSR count). The van der Waals surface area contributed by atoms with Crippen LogP contribution in [0.2, 0.25) is 5.02 Å². The predicted octanol–water partition coefficient (Wildman–Crippen LogP) is 5.67. The maximum atomic E-state index is 14.3. The zero-order valence-electron chi connectivity index (χ0n) is 11.7. The van der Waals surface area contributed by atoms with Gasteiger partial charge in [-0.1, -0.05) is 30.2 Å². The Kier molecular flexibility index (Phi) is 4.25. The molecule has 1 aliphatic rings. The standard InChI is InChI=1S/C18H17ClF2/c19-14-7-5-12(6-8-14)11-13-3-1-2-4-15-16(20)9-10-17(21)18(13)15/h5-10,13H,1-4,11H2. The van der Waals surface area contributed by atoms with E-state index in [0.29, 0.717) is 22.6 Å². The van der Waals surface area contributed by atoms with E-state index in [4.69, 9.17) is 11.6 Å². The van der Waals surface area contributed by atoms with Gasteiger partial charge in [-0.3, -0.25) is 0 Å². The summed E-state index contributed by atoms with van der Waals surface area (Å²) >= 11 is 5.90. The van der Waals surface area contributed by atoms with Crippen molar-refractivity contribution in [1.82, 2.24) is 0 Å². The highest BCUT2D eigenvalue weighted by Crippen LogP contribution is 2.36. The summed E-state index contributed by atoms with van der Waals surface area (Å²) in [5, 5.41) is 0.692. The Morgan fingerprint density at radius 2 is 1.67 bits per heavy atom. The van der Waals surface area contributed by atoms with E-state index in [0.717, 1.165) is 31.2 Å². The Bertz CT molecular complexity index is 634. The lowest BCUT2D eigenvalue weighted by molar-refractivity contribution is 0.537. The highest BCUT2D eigenvalue weighted by atomic mass is 35.5. The van der Waals surface area contributed by atoms with Crippen LogP contribution in [0.15, 0.2) is 36.4 Å². The van der Waals surface area contributed by atoms with Crippen molar-refractivity contribution in [2.24, 2.45) is 0 Å². The van der Waals surface area contributed by atoms with Crippen molar-refractivity contribution in [3.8, 4) is 0 Å². The van der Waals surface area contributed by atoms with E-state index in [1.165, 1.54) is 12.1 Å². The number of halogens is 3. The molecule has 0 spiro atoms. The second-order valence-corrected chi connectivity index (χ2v) is 6.13. The molecule has 0 bridgehead atoms. The first-order chi connectivity index (χ1) is 10.1. The van der Waals surface area contributed by atoms with Crippen molar-refractivity contribution in [2.75, 3.05) is 0 Å². The third-order valence-corrected chi connectivity index (χ3v) is 4.53. The first kappa shape index (κ1) is 14.5. The van der Waals surface area contributed by atoms with Gasteiger partial charge >= 0.3 is 0 Å². The molecule has 0 nitrogen and oxygen atoms in total. The van der Waals surface area contributed by atoms with Crippen molar-refractivity contribution in [3.63, 3.8) is 0 Å². The molecule has 0 N–H and O–H groups in total. The van der Waals surface area contributed by atoms with E-state index < -0.39 is 0 Å². The second-order valence-electron chi connectivity index (χ2n) is 5.69. The quantitative estimate of drug-likeness (QED) is 0.627. The summed E-state index contributed by atoms with van der Waals surface area (Å²) in [4.78, 5) is 0. The summed E-state index contributed by atoms with van der Waals surface area (Å²) in [7, 11) is 0. The molecule has 1 aliphatic carbocycles. The van der Waals surface area contributed by atoms with Gasteiger partial charge in [0.2, 0.25) is 0 Å². The smallest absolute Gasteiger partial charge is 0.127 e. The number of benzene rings is 2. The van der Waals surface area contributed by atoms with Gasteiger partial charge in [-0.25, -0.2) is 8.78 Å². The van der Waals surface area contributed by atoms with Crippen LogP contribution in [-0.2, 0) is 12.8 Å². The molecular formula is C18H17ClF2. The van der Waals surface area contributed by atoms with Crippen molar-refractivity contribution in [3.05, 3.63) is 69.7 Å². The molecule has 0 saturated carbocycles. The maximum absolute atomic E-state index is 14.3. The fraction of sp³-hybridized carbons (Fsp3) is 0.333. The van der Waals surface area contributed by atoms with Gasteiger partial charge in [-0.15, -0.1) is 0 Å². The lowest BCUT2D eigenvalue weighted by Crippen LogP contribution is -2.08. The summed E-state index contributed by atoms with van der Waals surface area (Å²) in [5.74, 6) is -0.499. The monoisotopic (exact) mass is 306 g/mol. The fourth-order valence-corrected chi connectivity index (χ4v) is 3.38. The fourth-order valence-electron chi connectivity index (χ4n) is 3.25. The molecule has 1 atom stereocenters. The van der Waals surface area contributed by atoms with Crippen molar-refractivity contribution < 1.29 is 8.78 Å². The maximum Gasteiger partial charge on any atom is 0.127 e. The minimum Gasteiger partial charge on any atom is -0.207 e. The van der Waals surface area contributed by atoms with Crippen LogP contribution in [0.4, 0.5) is 8.78 Å². The first-order valence-electron chi connectivity index (χ1n) is 7.36. The summed E-state index contributed by atoms with van der Waals surface area (Å²) in [5.41, 5.74) is 2.27. The van der Waals surface area contributed by atoms with Gasteiger partial charge in [-0.05, 0) is 72.6 Å². The summed E-state index contributed by atoms with van der Waals surface area (Å²) in [6.45, 7) is 0. The Balaban J connectivity index is 1.96. The van der Waals surface area contributed by atoms with Crippen LogP contribution in [0, 0.1) is 11.6 Å². The Morgan fingerprint density at radius 1 is 0.952 bits per heavy atom. The van der Waals surface area contributed by atoms with Gasteiger partial charge in [0.15, 0.2) is 0 Å². The molecule has 0 amide bonds. The van der Waals surface area contributed by atoms with Crippen molar-refractivity contribution in [1.29, 1.82) is 0 Å². The van der Waals surface area contributed by atoms with Gasteiger partial charge in [0.1, 0.15) is 11.6 Å². The predicted molar refractivity (Wildman–Crippen MR) is 81.8 cm³/mol. The lowest BCUT2D eigenvalue weighted by atomic mass is 9.87. The van der Waals surface area contributed by atoms with Crippen LogP contribution < -0.4 is 0 Å². The molecule has 0 fully saturated rings. The largest absolute Gasteiger partial charge is 0.207 e. The van der Waals surface area contributed by atoms with E-state index in [9.17, 15) is 8.78 Å². The zero-order chi connectivity index (χ0) is 14.8. The Morgan fingerprint density at radius 3 is 2.43 bits per heavy atom. The van der Waals surface area contributed by atoms with Crippen LogP contribution in [0.5, 0.6) is 0 Å². The molecule has 21 heavy (non-hydrogen) atoms. The molecule has 110 valence electrons. The van der Waals surface area contributed by atoms with E-state index >= 15 is 0 Å². The number of hydrogen-bond donors (Lipinski definition) is 0. The Hall–Kier alpha value is -1.41. The SMILES string of the molecule is Fc1ccc(F)c2c1CCCCC2Cc1ccc(Cl)cc1. The number of fused-ring (bicyclic) bond motifs is 1. The first-order valence-corrected chi connectivity index (χ1v) is 7.74. The average Bonchev–Trinajstić information content (AvgIpc) is 2.69.